The van der Waals surface area contributed by atoms with Crippen molar-refractivity contribution in [1.82, 2.24) is 5.32 Å². The van der Waals surface area contributed by atoms with Crippen molar-refractivity contribution in [2.24, 2.45) is 0 Å². The van der Waals surface area contributed by atoms with Crippen LogP contribution in [0.3, 0.4) is 0 Å². The maximum atomic E-state index is 10.1. The van der Waals surface area contributed by atoms with Crippen LogP contribution >= 0.6 is 0 Å². The van der Waals surface area contributed by atoms with E-state index in [9.17, 15) is 4.79 Å². The summed E-state index contributed by atoms with van der Waals surface area (Å²) < 4.78 is 0. The zero-order valence-corrected chi connectivity index (χ0v) is 6.68. The molecular weight excluding hydrogens is 142 g/mol. The van der Waals surface area contributed by atoms with Crippen molar-refractivity contribution in [2.45, 2.75) is 38.1 Å². The Morgan fingerprint density at radius 3 is 2.73 bits per heavy atom. The van der Waals surface area contributed by atoms with Crippen LogP contribution in [0, 0.1) is 0 Å². The molecule has 11 heavy (non-hydrogen) atoms. The zero-order chi connectivity index (χ0) is 8.10. The molecular formula is C8H15NO2. The molecule has 0 aliphatic heterocycles. The lowest BCUT2D eigenvalue weighted by Gasteiger charge is -1.99. The van der Waals surface area contributed by atoms with Crippen molar-refractivity contribution in [1.29, 1.82) is 0 Å². The maximum Gasteiger partial charge on any atom is 0.303 e. The molecule has 0 amide bonds. The normalized spacial score (nSPS) is 16.7. The van der Waals surface area contributed by atoms with Gasteiger partial charge in [0.05, 0.1) is 0 Å². The Bertz CT molecular complexity index is 132. The first kappa shape index (κ1) is 8.53. The number of hydrogen-bond acceptors (Lipinski definition) is 2. The molecule has 0 aromatic rings. The van der Waals surface area contributed by atoms with Gasteiger partial charge in [-0.25, -0.2) is 0 Å². The molecule has 0 aromatic carbocycles. The highest BCUT2D eigenvalue weighted by atomic mass is 16.4. The summed E-state index contributed by atoms with van der Waals surface area (Å²) in [6.45, 7) is 0.984. The molecule has 1 aliphatic rings. The van der Waals surface area contributed by atoms with Crippen molar-refractivity contribution in [3.05, 3.63) is 0 Å². The highest BCUT2D eigenvalue weighted by Crippen LogP contribution is 2.18. The van der Waals surface area contributed by atoms with E-state index in [1.807, 2.05) is 0 Å². The van der Waals surface area contributed by atoms with Crippen molar-refractivity contribution in [2.75, 3.05) is 6.54 Å². The fraction of sp³-hybridized carbons (Fsp3) is 0.875. The summed E-state index contributed by atoms with van der Waals surface area (Å²) in [5.41, 5.74) is 0. The van der Waals surface area contributed by atoms with E-state index >= 15 is 0 Å². The number of hydrogen-bond donors (Lipinski definition) is 2. The summed E-state index contributed by atoms with van der Waals surface area (Å²) in [5.74, 6) is -0.684. The summed E-state index contributed by atoms with van der Waals surface area (Å²) in [7, 11) is 0. The largest absolute Gasteiger partial charge is 0.481 e. The third kappa shape index (κ3) is 4.79. The Morgan fingerprint density at radius 1 is 1.45 bits per heavy atom. The van der Waals surface area contributed by atoms with Gasteiger partial charge in [0.1, 0.15) is 0 Å². The minimum absolute atomic E-state index is 0.312. The molecule has 1 saturated carbocycles. The first-order chi connectivity index (χ1) is 5.29. The Balaban J connectivity index is 1.76. The van der Waals surface area contributed by atoms with Gasteiger partial charge < -0.3 is 10.4 Å². The fourth-order valence-corrected chi connectivity index (χ4v) is 0.995. The van der Waals surface area contributed by atoms with Crippen LogP contribution < -0.4 is 5.32 Å². The summed E-state index contributed by atoms with van der Waals surface area (Å²) in [5, 5.41) is 11.7. The number of unbranched alkanes of at least 4 members (excludes halogenated alkanes) is 1. The number of carboxylic acid groups (broad SMARTS) is 1. The smallest absolute Gasteiger partial charge is 0.303 e. The van der Waals surface area contributed by atoms with Crippen LogP contribution in [-0.2, 0) is 4.79 Å². The van der Waals surface area contributed by atoms with E-state index in [2.05, 4.69) is 5.32 Å². The van der Waals surface area contributed by atoms with Gasteiger partial charge >= 0.3 is 5.97 Å². The minimum Gasteiger partial charge on any atom is -0.481 e. The average Bonchev–Trinajstić information content (AvgIpc) is 2.70. The first-order valence-corrected chi connectivity index (χ1v) is 4.24. The lowest BCUT2D eigenvalue weighted by Crippen LogP contribution is -2.17. The van der Waals surface area contributed by atoms with Crippen molar-refractivity contribution < 1.29 is 9.90 Å². The van der Waals surface area contributed by atoms with E-state index in [4.69, 9.17) is 5.11 Å². The van der Waals surface area contributed by atoms with Crippen LogP contribution in [0.2, 0.25) is 0 Å². The van der Waals surface area contributed by atoms with E-state index in [1.54, 1.807) is 0 Å². The van der Waals surface area contributed by atoms with Gasteiger partial charge in [0.15, 0.2) is 0 Å². The number of carboxylic acids is 1. The summed E-state index contributed by atoms with van der Waals surface area (Å²) in [6.07, 6.45) is 4.71. The van der Waals surface area contributed by atoms with Gasteiger partial charge in [-0.15, -0.1) is 0 Å². The monoisotopic (exact) mass is 157 g/mol. The van der Waals surface area contributed by atoms with E-state index in [1.165, 1.54) is 12.8 Å². The van der Waals surface area contributed by atoms with E-state index in [0.717, 1.165) is 25.4 Å². The van der Waals surface area contributed by atoms with Crippen LogP contribution in [0.15, 0.2) is 0 Å². The molecule has 2 N–H and O–H groups in total. The molecule has 1 aliphatic carbocycles. The lowest BCUT2D eigenvalue weighted by molar-refractivity contribution is -0.137. The van der Waals surface area contributed by atoms with Crippen molar-refractivity contribution in [3.8, 4) is 0 Å². The maximum absolute atomic E-state index is 10.1. The summed E-state index contributed by atoms with van der Waals surface area (Å²) in [6, 6.07) is 0.750. The number of nitrogens with one attached hydrogen (secondary N) is 1. The standard InChI is InChI=1S/C8H15NO2/c10-8(11)3-1-2-6-9-7-4-5-7/h7,9H,1-6H2,(H,10,11). The number of rotatable bonds is 6. The van der Waals surface area contributed by atoms with E-state index < -0.39 is 5.97 Å². The molecule has 1 fully saturated rings. The predicted molar refractivity (Wildman–Crippen MR) is 42.5 cm³/mol. The average molecular weight is 157 g/mol. The molecule has 3 nitrogen and oxygen atoms in total. The highest BCUT2D eigenvalue weighted by molar-refractivity contribution is 5.66. The third-order valence-electron chi connectivity index (χ3n) is 1.83. The Kier molecular flexibility index (Phi) is 3.36. The quantitative estimate of drug-likeness (QED) is 0.565. The first-order valence-electron chi connectivity index (χ1n) is 4.24. The van der Waals surface area contributed by atoms with Crippen LogP contribution in [0.4, 0.5) is 0 Å². The van der Waals surface area contributed by atoms with Gasteiger partial charge in [-0.05, 0) is 32.2 Å². The fourth-order valence-electron chi connectivity index (χ4n) is 0.995. The molecule has 0 heterocycles. The molecule has 3 heteroatoms. The molecule has 0 aromatic heterocycles. The highest BCUT2D eigenvalue weighted by Gasteiger charge is 2.19. The molecule has 0 saturated heterocycles. The van der Waals surface area contributed by atoms with Gasteiger partial charge in [-0.1, -0.05) is 0 Å². The number of carbonyl (C=O) groups is 1. The van der Waals surface area contributed by atoms with E-state index in [-0.39, 0.29) is 0 Å². The third-order valence-corrected chi connectivity index (χ3v) is 1.83. The predicted octanol–water partition coefficient (Wildman–Crippen LogP) is 0.993. The van der Waals surface area contributed by atoms with Crippen molar-refractivity contribution >= 4 is 5.97 Å². The molecule has 64 valence electrons. The van der Waals surface area contributed by atoms with E-state index in [0.29, 0.717) is 6.42 Å². The lowest BCUT2D eigenvalue weighted by atomic mass is 10.2. The zero-order valence-electron chi connectivity index (χ0n) is 6.68. The van der Waals surface area contributed by atoms with Gasteiger partial charge in [-0.3, -0.25) is 4.79 Å². The van der Waals surface area contributed by atoms with Crippen LogP contribution in [0.1, 0.15) is 32.1 Å². The van der Waals surface area contributed by atoms with Gasteiger partial charge in [0.25, 0.3) is 0 Å². The Morgan fingerprint density at radius 2 is 2.18 bits per heavy atom. The molecule has 0 bridgehead atoms. The second-order valence-electron chi connectivity index (χ2n) is 3.08. The van der Waals surface area contributed by atoms with Gasteiger partial charge in [-0.2, -0.15) is 0 Å². The molecule has 1 rings (SSSR count). The van der Waals surface area contributed by atoms with Gasteiger partial charge in [0, 0.05) is 12.5 Å². The SMILES string of the molecule is O=C(O)CCCCNC1CC1. The van der Waals surface area contributed by atoms with Crippen molar-refractivity contribution in [3.63, 3.8) is 0 Å². The topological polar surface area (TPSA) is 49.3 Å². The second kappa shape index (κ2) is 4.34. The second-order valence-corrected chi connectivity index (χ2v) is 3.08. The van der Waals surface area contributed by atoms with Crippen LogP contribution in [0.25, 0.3) is 0 Å². The van der Waals surface area contributed by atoms with Gasteiger partial charge in [0.2, 0.25) is 0 Å². The Labute approximate surface area is 66.8 Å². The minimum atomic E-state index is -0.684. The molecule has 0 radical (unpaired) electrons. The number of aliphatic carboxylic acids is 1. The molecule has 0 atom stereocenters. The summed E-state index contributed by atoms with van der Waals surface area (Å²) >= 11 is 0. The van der Waals surface area contributed by atoms with Crippen LogP contribution in [0.5, 0.6) is 0 Å². The Hall–Kier alpha value is -0.570. The molecule has 0 unspecified atom stereocenters. The molecule has 0 spiro atoms. The summed E-state index contributed by atoms with van der Waals surface area (Å²) in [4.78, 5) is 10.1. The van der Waals surface area contributed by atoms with Crippen LogP contribution in [-0.4, -0.2) is 23.7 Å².